The van der Waals surface area contributed by atoms with E-state index in [1.807, 2.05) is 30.3 Å². The molecule has 2 unspecified atom stereocenters. The highest BCUT2D eigenvalue weighted by molar-refractivity contribution is 5.87. The topological polar surface area (TPSA) is 133 Å². The zero-order valence-corrected chi connectivity index (χ0v) is 16.6. The van der Waals surface area contributed by atoms with E-state index in [1.165, 1.54) is 0 Å². The van der Waals surface area contributed by atoms with E-state index in [0.717, 1.165) is 31.2 Å². The summed E-state index contributed by atoms with van der Waals surface area (Å²) in [5, 5.41) is 2.73. The number of hydrogen-bond donors (Lipinski definition) is 4. The predicted molar refractivity (Wildman–Crippen MR) is 109 cm³/mol. The van der Waals surface area contributed by atoms with Crippen LogP contribution in [0.5, 0.6) is 0 Å². The molecule has 0 spiro atoms. The van der Waals surface area contributed by atoms with Crippen molar-refractivity contribution in [1.29, 1.82) is 0 Å². The summed E-state index contributed by atoms with van der Waals surface area (Å²) in [7, 11) is 0. The van der Waals surface area contributed by atoms with E-state index in [1.54, 1.807) is 0 Å². The van der Waals surface area contributed by atoms with Crippen LogP contribution in [0.4, 0.5) is 0 Å². The number of halogens is 1. The Balaban J connectivity index is 0.00000676. The van der Waals surface area contributed by atoms with Crippen LogP contribution in [0.2, 0.25) is 0 Å². The van der Waals surface area contributed by atoms with Crippen molar-refractivity contribution in [3.63, 3.8) is 0 Å². The molecule has 1 amide bonds. The fraction of sp³-hybridized carbons (Fsp3) is 0.579. The van der Waals surface area contributed by atoms with Gasteiger partial charge in [-0.2, -0.15) is 0 Å². The van der Waals surface area contributed by atoms with E-state index in [-0.39, 0.29) is 24.9 Å². The molecule has 2 atom stereocenters. The number of carbonyl (C=O) groups is 2. The highest BCUT2D eigenvalue weighted by Gasteiger charge is 2.24. The fourth-order valence-electron chi connectivity index (χ4n) is 2.49. The molecule has 0 saturated carbocycles. The van der Waals surface area contributed by atoms with Crippen molar-refractivity contribution in [2.45, 2.75) is 57.2 Å². The van der Waals surface area contributed by atoms with Crippen LogP contribution in [0.15, 0.2) is 30.3 Å². The molecule has 8 heteroatoms. The quantitative estimate of drug-likeness (QED) is 0.290. The molecule has 7 N–H and O–H groups in total. The third-order valence-electron chi connectivity index (χ3n) is 4.08. The lowest BCUT2D eigenvalue weighted by atomic mass is 10.1. The maximum absolute atomic E-state index is 12.4. The summed E-state index contributed by atoms with van der Waals surface area (Å²) in [5.41, 5.74) is 17.8. The van der Waals surface area contributed by atoms with Crippen LogP contribution in [0.1, 0.15) is 44.1 Å². The van der Waals surface area contributed by atoms with Gasteiger partial charge in [-0.1, -0.05) is 36.8 Å². The Hall–Kier alpha value is -1.67. The average molecular weight is 401 g/mol. The number of unbranched alkanes of at least 4 members (excludes halogenated alkanes) is 2. The van der Waals surface area contributed by atoms with Crippen LogP contribution in [0.25, 0.3) is 0 Å². The maximum Gasteiger partial charge on any atom is 0.328 e. The van der Waals surface area contributed by atoms with Gasteiger partial charge in [0.1, 0.15) is 12.6 Å². The van der Waals surface area contributed by atoms with Gasteiger partial charge in [0.15, 0.2) is 0 Å². The zero-order chi connectivity index (χ0) is 19.2. The minimum absolute atomic E-state index is 0. The summed E-state index contributed by atoms with van der Waals surface area (Å²) in [6.45, 7) is 1.28. The molecule has 0 fully saturated rings. The SMILES string of the molecule is Cl.NCCCCC(N)C(=O)NC(CCCCN)C(=O)OCc1ccccc1. The highest BCUT2D eigenvalue weighted by atomic mass is 35.5. The first kappa shape index (κ1) is 25.3. The molecule has 7 nitrogen and oxygen atoms in total. The van der Waals surface area contributed by atoms with E-state index in [2.05, 4.69) is 5.32 Å². The Morgan fingerprint density at radius 2 is 1.56 bits per heavy atom. The standard InChI is InChI=1S/C19H32N4O3.ClH/c20-12-6-4-10-16(22)18(24)23-17(11-5-7-13-21)19(25)26-14-15-8-2-1-3-9-15;/h1-3,8-9,16-17H,4-7,10-14,20-22H2,(H,23,24);1H. The first-order chi connectivity index (χ1) is 12.6. The van der Waals surface area contributed by atoms with Crippen molar-refractivity contribution in [3.8, 4) is 0 Å². The van der Waals surface area contributed by atoms with E-state index >= 15 is 0 Å². The molecular weight excluding hydrogens is 368 g/mol. The summed E-state index contributed by atoms with van der Waals surface area (Å²) in [6.07, 6.45) is 4.12. The molecular formula is C19H33ClN4O3. The Bertz CT molecular complexity index is 531. The minimum atomic E-state index is -0.710. The maximum atomic E-state index is 12.4. The molecule has 0 bridgehead atoms. The lowest BCUT2D eigenvalue weighted by molar-refractivity contribution is -0.149. The first-order valence-electron chi connectivity index (χ1n) is 9.25. The van der Waals surface area contributed by atoms with Crippen molar-refractivity contribution >= 4 is 24.3 Å². The molecule has 1 aromatic rings. The van der Waals surface area contributed by atoms with Gasteiger partial charge in [0.25, 0.3) is 0 Å². The van der Waals surface area contributed by atoms with Gasteiger partial charge in [0.2, 0.25) is 5.91 Å². The lowest BCUT2D eigenvalue weighted by Crippen LogP contribution is -2.49. The number of hydrogen-bond acceptors (Lipinski definition) is 6. The number of ether oxygens (including phenoxy) is 1. The fourth-order valence-corrected chi connectivity index (χ4v) is 2.49. The number of carbonyl (C=O) groups excluding carboxylic acids is 2. The summed E-state index contributed by atoms with van der Waals surface area (Å²) in [6, 6.07) is 8.05. The molecule has 0 saturated heterocycles. The smallest absolute Gasteiger partial charge is 0.328 e. The molecule has 154 valence electrons. The van der Waals surface area contributed by atoms with Crippen molar-refractivity contribution in [2.24, 2.45) is 17.2 Å². The molecule has 0 aliphatic carbocycles. The number of rotatable bonds is 13. The Kier molecular flexibility index (Phi) is 14.4. The van der Waals surface area contributed by atoms with E-state index < -0.39 is 18.1 Å². The van der Waals surface area contributed by atoms with E-state index in [9.17, 15) is 9.59 Å². The summed E-state index contributed by atoms with van der Waals surface area (Å²) in [5.74, 6) is -0.787. The summed E-state index contributed by atoms with van der Waals surface area (Å²) >= 11 is 0. The predicted octanol–water partition coefficient (Wildman–Crippen LogP) is 1.22. The third kappa shape index (κ3) is 10.9. The van der Waals surface area contributed by atoms with E-state index in [4.69, 9.17) is 21.9 Å². The Morgan fingerprint density at radius 3 is 2.15 bits per heavy atom. The normalized spacial score (nSPS) is 12.6. The molecule has 27 heavy (non-hydrogen) atoms. The first-order valence-corrected chi connectivity index (χ1v) is 9.25. The Labute approximate surface area is 167 Å². The highest BCUT2D eigenvalue weighted by Crippen LogP contribution is 2.07. The van der Waals surface area contributed by atoms with Crippen LogP contribution in [-0.2, 0) is 20.9 Å². The number of esters is 1. The molecule has 0 aliphatic rings. The van der Waals surface area contributed by atoms with Gasteiger partial charge < -0.3 is 27.3 Å². The molecule has 0 aromatic heterocycles. The summed E-state index contributed by atoms with van der Waals surface area (Å²) in [4.78, 5) is 24.7. The Morgan fingerprint density at radius 1 is 0.963 bits per heavy atom. The van der Waals surface area contributed by atoms with Crippen LogP contribution in [0, 0.1) is 0 Å². The number of amides is 1. The van der Waals surface area contributed by atoms with Crippen molar-refractivity contribution in [2.75, 3.05) is 13.1 Å². The third-order valence-corrected chi connectivity index (χ3v) is 4.08. The average Bonchev–Trinajstić information content (AvgIpc) is 2.66. The van der Waals surface area contributed by atoms with Crippen molar-refractivity contribution in [1.82, 2.24) is 5.32 Å². The molecule has 0 heterocycles. The number of nitrogens with one attached hydrogen (secondary N) is 1. The van der Waals surface area contributed by atoms with Crippen LogP contribution in [0.3, 0.4) is 0 Å². The van der Waals surface area contributed by atoms with Gasteiger partial charge in [0.05, 0.1) is 6.04 Å². The van der Waals surface area contributed by atoms with Gasteiger partial charge in [-0.05, 0) is 50.8 Å². The molecule has 1 rings (SSSR count). The van der Waals surface area contributed by atoms with Gasteiger partial charge in [-0.15, -0.1) is 12.4 Å². The molecule has 0 aliphatic heterocycles. The number of benzene rings is 1. The van der Waals surface area contributed by atoms with Gasteiger partial charge in [-0.25, -0.2) is 4.79 Å². The van der Waals surface area contributed by atoms with Gasteiger partial charge in [-0.3, -0.25) is 4.79 Å². The van der Waals surface area contributed by atoms with Crippen molar-refractivity contribution < 1.29 is 14.3 Å². The largest absolute Gasteiger partial charge is 0.459 e. The molecule has 1 aromatic carbocycles. The van der Waals surface area contributed by atoms with Crippen LogP contribution in [-0.4, -0.2) is 37.0 Å². The second kappa shape index (κ2) is 15.4. The lowest BCUT2D eigenvalue weighted by Gasteiger charge is -2.20. The second-order valence-corrected chi connectivity index (χ2v) is 6.33. The van der Waals surface area contributed by atoms with Crippen LogP contribution < -0.4 is 22.5 Å². The van der Waals surface area contributed by atoms with E-state index in [0.29, 0.717) is 25.9 Å². The monoisotopic (exact) mass is 400 g/mol. The minimum Gasteiger partial charge on any atom is -0.459 e. The van der Waals surface area contributed by atoms with Gasteiger partial charge in [0, 0.05) is 0 Å². The van der Waals surface area contributed by atoms with Gasteiger partial charge >= 0.3 is 5.97 Å². The van der Waals surface area contributed by atoms with Crippen molar-refractivity contribution in [3.05, 3.63) is 35.9 Å². The summed E-state index contributed by atoms with van der Waals surface area (Å²) < 4.78 is 5.36. The van der Waals surface area contributed by atoms with Crippen LogP contribution >= 0.6 is 12.4 Å². The zero-order valence-electron chi connectivity index (χ0n) is 15.8. The number of nitrogens with two attached hydrogens (primary N) is 3. The molecule has 0 radical (unpaired) electrons. The second-order valence-electron chi connectivity index (χ2n) is 6.33.